The summed E-state index contributed by atoms with van der Waals surface area (Å²) in [5, 5.41) is 8.19. The number of ether oxygens (including phenoxy) is 2. The molecule has 48 heavy (non-hydrogen) atoms. The van der Waals surface area contributed by atoms with E-state index in [1.54, 1.807) is 48.5 Å². The summed E-state index contributed by atoms with van der Waals surface area (Å²) in [4.78, 5) is 65.6. The Bertz CT molecular complexity index is 1330. The summed E-state index contributed by atoms with van der Waals surface area (Å²) in [5.74, 6) is -2.47. The van der Waals surface area contributed by atoms with Gasteiger partial charge in [0.15, 0.2) is 5.78 Å². The fraction of sp³-hybridized carbons (Fsp3) is 0.639. The first-order valence-corrected chi connectivity index (χ1v) is 19.7. The predicted molar refractivity (Wildman–Crippen MR) is 188 cm³/mol. The average molecular weight is 688 g/mol. The highest BCUT2D eigenvalue weighted by Gasteiger charge is 2.39. The number of carbonyl (C=O) groups excluding carboxylic acids is 5. The van der Waals surface area contributed by atoms with Crippen molar-refractivity contribution in [1.29, 1.82) is 0 Å². The van der Waals surface area contributed by atoms with Crippen molar-refractivity contribution in [2.24, 2.45) is 17.8 Å². The van der Waals surface area contributed by atoms with Gasteiger partial charge < -0.3 is 29.9 Å². The smallest absolute Gasteiger partial charge is 0.408 e. The molecule has 3 N–H and O–H groups in total. The van der Waals surface area contributed by atoms with Crippen molar-refractivity contribution in [3.63, 3.8) is 0 Å². The number of cyclic esters (lactones) is 1. The van der Waals surface area contributed by atoms with Crippen molar-refractivity contribution < 1.29 is 37.9 Å². The molecular formula is C36H57N3O8Si. The van der Waals surface area contributed by atoms with Crippen LogP contribution >= 0.6 is 0 Å². The zero-order chi connectivity index (χ0) is 36.6. The second-order valence-electron chi connectivity index (χ2n) is 15.8. The van der Waals surface area contributed by atoms with Gasteiger partial charge in [0.25, 0.3) is 0 Å². The van der Waals surface area contributed by atoms with Crippen LogP contribution in [0.15, 0.2) is 36.4 Å². The quantitative estimate of drug-likeness (QED) is 0.217. The summed E-state index contributed by atoms with van der Waals surface area (Å²) >= 11 is 0. The monoisotopic (exact) mass is 687 g/mol. The van der Waals surface area contributed by atoms with E-state index in [0.29, 0.717) is 0 Å². The minimum Gasteiger partial charge on any atom is -0.544 e. The normalized spacial score (nSPS) is 21.2. The van der Waals surface area contributed by atoms with Gasteiger partial charge in [-0.15, -0.1) is 0 Å². The van der Waals surface area contributed by atoms with E-state index in [4.69, 9.17) is 13.9 Å². The van der Waals surface area contributed by atoms with Crippen LogP contribution < -0.4 is 20.4 Å². The number of benzene rings is 1. The fourth-order valence-corrected chi connectivity index (χ4v) is 5.73. The zero-order valence-electron chi connectivity index (χ0n) is 30.8. The predicted octanol–water partition coefficient (Wildman–Crippen LogP) is 5.48. The van der Waals surface area contributed by atoms with Crippen LogP contribution in [0.3, 0.4) is 0 Å². The molecule has 11 nitrogen and oxygen atoms in total. The van der Waals surface area contributed by atoms with Crippen molar-refractivity contribution in [3.05, 3.63) is 42.0 Å². The van der Waals surface area contributed by atoms with E-state index >= 15 is 0 Å². The Labute approximate surface area is 287 Å². The first-order valence-electron chi connectivity index (χ1n) is 16.7. The molecule has 12 heteroatoms. The second kappa shape index (κ2) is 16.6. The molecule has 268 valence electrons. The minimum absolute atomic E-state index is 0.0255. The maximum absolute atomic E-state index is 13.5. The summed E-state index contributed by atoms with van der Waals surface area (Å²) in [5.41, 5.74) is 0.0315. The van der Waals surface area contributed by atoms with Crippen LogP contribution in [0.5, 0.6) is 5.75 Å². The molecule has 0 aliphatic carbocycles. The lowest BCUT2D eigenvalue weighted by molar-refractivity contribution is -0.149. The van der Waals surface area contributed by atoms with Gasteiger partial charge in [-0.3, -0.25) is 14.4 Å². The Morgan fingerprint density at radius 1 is 0.979 bits per heavy atom. The van der Waals surface area contributed by atoms with E-state index in [9.17, 15) is 24.0 Å². The zero-order valence-corrected chi connectivity index (χ0v) is 31.8. The van der Waals surface area contributed by atoms with Gasteiger partial charge in [0.2, 0.25) is 20.1 Å². The van der Waals surface area contributed by atoms with Crippen LogP contribution in [-0.4, -0.2) is 68.3 Å². The second-order valence-corrected chi connectivity index (χ2v) is 20.5. The molecule has 1 heterocycles. The van der Waals surface area contributed by atoms with Crippen LogP contribution in [0.25, 0.3) is 0 Å². The maximum atomic E-state index is 13.5. The van der Waals surface area contributed by atoms with E-state index in [1.165, 1.54) is 12.2 Å². The molecule has 4 atom stereocenters. The fourth-order valence-electron chi connectivity index (χ4n) is 4.70. The molecule has 2 rings (SSSR count). The van der Waals surface area contributed by atoms with Gasteiger partial charge in [0, 0.05) is 18.8 Å². The first-order chi connectivity index (χ1) is 22.0. The molecule has 0 fully saturated rings. The number of esters is 1. The van der Waals surface area contributed by atoms with Gasteiger partial charge in [0.1, 0.15) is 23.4 Å². The molecule has 1 aliphatic rings. The standard InChI is InChI=1S/C36H57N3O8Si/c1-22(2)30(39-34(44)46-35(5,6)7)28(40)20-25-15-18-29(41)38-31(23(3)4)32(42)37-27(33(43)45-21-25)19-24-13-16-26(17-14-24)47-48(11,12)36(8,9)10/h13-18,22-23,25,27,30-31H,19-21H2,1-12H3,(H,37,42)(H,38,41)(H,39,44)/b18-15+/t25-,27-,30-,31-/m0/s1. The molecule has 0 aromatic heterocycles. The first kappa shape index (κ1) is 40.5. The SMILES string of the molecule is CC(C)[C@H](NC(=O)OC(C)(C)C)C(=O)C[C@@H]1/C=C/C(=O)N[C@@H](C(C)C)C(=O)N[C@@H](Cc2ccc(O[Si](C)(C)C(C)(C)C)cc2)C(=O)OC1. The van der Waals surface area contributed by atoms with Crippen molar-refractivity contribution >= 4 is 38.0 Å². The maximum Gasteiger partial charge on any atom is 0.408 e. The van der Waals surface area contributed by atoms with Crippen LogP contribution in [0.4, 0.5) is 4.79 Å². The molecule has 0 saturated heterocycles. The highest BCUT2D eigenvalue weighted by molar-refractivity contribution is 6.74. The molecule has 0 bridgehead atoms. The third-order valence-corrected chi connectivity index (χ3v) is 12.9. The number of rotatable bonds is 10. The lowest BCUT2D eigenvalue weighted by Crippen LogP contribution is -2.54. The Balaban J connectivity index is 2.31. The number of carbonyl (C=O) groups is 5. The van der Waals surface area contributed by atoms with Gasteiger partial charge in [0.05, 0.1) is 12.6 Å². The number of alkyl carbamates (subject to hydrolysis) is 1. The van der Waals surface area contributed by atoms with E-state index in [-0.39, 0.29) is 42.1 Å². The average Bonchev–Trinajstić information content (AvgIpc) is 2.93. The van der Waals surface area contributed by atoms with Gasteiger partial charge in [-0.25, -0.2) is 9.59 Å². The molecular weight excluding hydrogens is 630 g/mol. The van der Waals surface area contributed by atoms with Crippen molar-refractivity contribution in [2.45, 2.75) is 124 Å². The largest absolute Gasteiger partial charge is 0.544 e. The van der Waals surface area contributed by atoms with E-state index < -0.39 is 61.8 Å². The number of hydrogen-bond donors (Lipinski definition) is 3. The van der Waals surface area contributed by atoms with Gasteiger partial charge in [-0.2, -0.15) is 0 Å². The van der Waals surface area contributed by atoms with Gasteiger partial charge in [-0.05, 0) is 74.5 Å². The molecule has 0 saturated carbocycles. The summed E-state index contributed by atoms with van der Waals surface area (Å²) in [6, 6.07) is 4.60. The lowest BCUT2D eigenvalue weighted by Gasteiger charge is -2.36. The molecule has 1 aromatic carbocycles. The van der Waals surface area contributed by atoms with Crippen LogP contribution in [0.1, 0.15) is 81.2 Å². The Hall–Kier alpha value is -3.67. The van der Waals surface area contributed by atoms with Gasteiger partial charge >= 0.3 is 12.1 Å². The highest BCUT2D eigenvalue weighted by Crippen LogP contribution is 2.37. The Morgan fingerprint density at radius 2 is 1.58 bits per heavy atom. The van der Waals surface area contributed by atoms with E-state index in [1.807, 2.05) is 24.3 Å². The molecule has 0 radical (unpaired) electrons. The molecule has 1 aromatic rings. The number of Topliss-reactive ketones (excluding diaryl/α,β-unsaturated/α-hetero) is 1. The third-order valence-electron chi connectivity index (χ3n) is 8.50. The summed E-state index contributed by atoms with van der Waals surface area (Å²) in [7, 11) is -2.05. The summed E-state index contributed by atoms with van der Waals surface area (Å²) in [6.45, 7) is 23.0. The van der Waals surface area contributed by atoms with Crippen molar-refractivity contribution in [2.75, 3.05) is 6.61 Å². The van der Waals surface area contributed by atoms with Crippen LogP contribution in [0, 0.1) is 17.8 Å². The molecule has 0 spiro atoms. The van der Waals surface area contributed by atoms with Gasteiger partial charge in [-0.1, -0.05) is 66.7 Å². The Morgan fingerprint density at radius 3 is 2.10 bits per heavy atom. The topological polar surface area (TPSA) is 149 Å². The van der Waals surface area contributed by atoms with Crippen LogP contribution in [0.2, 0.25) is 18.1 Å². The van der Waals surface area contributed by atoms with Crippen molar-refractivity contribution in [3.8, 4) is 5.75 Å². The highest BCUT2D eigenvalue weighted by atomic mass is 28.4. The number of ketones is 1. The summed E-state index contributed by atoms with van der Waals surface area (Å²) < 4.78 is 17.4. The third kappa shape index (κ3) is 12.7. The number of hydrogen-bond acceptors (Lipinski definition) is 8. The van der Waals surface area contributed by atoms with Crippen LogP contribution in [-0.2, 0) is 35.1 Å². The van der Waals surface area contributed by atoms with E-state index in [2.05, 4.69) is 49.8 Å². The molecule has 1 aliphatic heterocycles. The Kier molecular flexibility index (Phi) is 14.0. The summed E-state index contributed by atoms with van der Waals surface area (Å²) in [6.07, 6.45) is 2.05. The molecule has 0 unspecified atom stereocenters. The number of amides is 3. The molecule has 3 amide bonds. The van der Waals surface area contributed by atoms with E-state index in [0.717, 1.165) is 11.3 Å². The van der Waals surface area contributed by atoms with Crippen molar-refractivity contribution in [1.82, 2.24) is 16.0 Å². The minimum atomic E-state index is -2.05. The lowest BCUT2D eigenvalue weighted by atomic mass is 9.92. The number of nitrogens with one attached hydrogen (secondary N) is 3.